The average Bonchev–Trinajstić information content (AvgIpc) is 3.19. The van der Waals surface area contributed by atoms with Gasteiger partial charge in [-0.3, -0.25) is 23.6 Å². The van der Waals surface area contributed by atoms with E-state index in [2.05, 4.69) is 10.3 Å². The molecule has 4 heterocycles. The molecule has 2 aliphatic rings. The Morgan fingerprint density at radius 1 is 1.15 bits per heavy atom. The number of aromatic nitrogens is 3. The first kappa shape index (κ1) is 21.3. The summed E-state index contributed by atoms with van der Waals surface area (Å²) in [6.45, 7) is 0.529. The molecule has 1 atom stereocenters. The summed E-state index contributed by atoms with van der Waals surface area (Å²) in [7, 11) is 1.64. The number of rotatable bonds is 5. The minimum absolute atomic E-state index is 0.130. The van der Waals surface area contributed by atoms with Gasteiger partial charge in [0.15, 0.2) is 0 Å². The maximum Gasteiger partial charge on any atom is 0.415 e. The Hall–Kier alpha value is -3.60. The van der Waals surface area contributed by atoms with Crippen molar-refractivity contribution in [3.05, 3.63) is 57.2 Å². The third-order valence-corrected chi connectivity index (χ3v) is 6.82. The number of benzene rings is 1. The smallest absolute Gasteiger partial charge is 0.415 e. The van der Waals surface area contributed by atoms with Crippen molar-refractivity contribution < 1.29 is 14.3 Å². The SMILES string of the molecule is Cn1c(=O)n(CCC[C@H]2CN(c3ccc4c(n3)NC(=O)CS4)C(=O)O2)c(=O)c2ccccc21. The number of cyclic esters (lactones) is 1. The summed E-state index contributed by atoms with van der Waals surface area (Å²) in [6, 6.07) is 10.6. The van der Waals surface area contributed by atoms with Crippen LogP contribution in [-0.4, -0.2) is 44.5 Å². The second-order valence-corrected chi connectivity index (χ2v) is 8.94. The molecule has 0 bridgehead atoms. The first-order valence-corrected chi connectivity index (χ1v) is 11.5. The number of pyridine rings is 1. The number of nitrogens with zero attached hydrogens (tertiary/aromatic N) is 4. The maximum absolute atomic E-state index is 12.8. The zero-order valence-electron chi connectivity index (χ0n) is 17.8. The molecule has 3 aromatic rings. The van der Waals surface area contributed by atoms with E-state index in [1.807, 2.05) is 6.07 Å². The molecule has 5 rings (SSSR count). The van der Waals surface area contributed by atoms with Crippen molar-refractivity contribution in [2.24, 2.45) is 7.05 Å². The normalized spacial score (nSPS) is 17.7. The number of carbonyl (C=O) groups excluding carboxylic acids is 2. The van der Waals surface area contributed by atoms with Gasteiger partial charge in [0, 0.05) is 13.6 Å². The Labute approximate surface area is 192 Å². The van der Waals surface area contributed by atoms with E-state index < -0.39 is 6.09 Å². The molecule has 33 heavy (non-hydrogen) atoms. The van der Waals surface area contributed by atoms with Crippen LogP contribution in [0.15, 0.2) is 50.9 Å². The predicted molar refractivity (Wildman–Crippen MR) is 124 cm³/mol. The lowest BCUT2D eigenvalue weighted by molar-refractivity contribution is -0.113. The Morgan fingerprint density at radius 2 is 1.97 bits per heavy atom. The number of ether oxygens (including phenoxy) is 1. The van der Waals surface area contributed by atoms with Gasteiger partial charge in [-0.25, -0.2) is 14.6 Å². The second-order valence-electron chi connectivity index (χ2n) is 7.93. The van der Waals surface area contributed by atoms with Gasteiger partial charge in [-0.05, 0) is 37.1 Å². The van der Waals surface area contributed by atoms with Crippen LogP contribution in [0.25, 0.3) is 10.9 Å². The van der Waals surface area contributed by atoms with Crippen LogP contribution < -0.4 is 21.5 Å². The maximum atomic E-state index is 12.8. The van der Waals surface area contributed by atoms with Crippen LogP contribution in [0.2, 0.25) is 0 Å². The fourth-order valence-corrected chi connectivity index (χ4v) is 4.86. The minimum atomic E-state index is -0.513. The molecule has 2 amide bonds. The number of aryl methyl sites for hydroxylation is 1. The van der Waals surface area contributed by atoms with Gasteiger partial charge in [0.05, 0.1) is 28.1 Å². The number of para-hydroxylation sites is 1. The van der Waals surface area contributed by atoms with Crippen LogP contribution in [0.3, 0.4) is 0 Å². The molecule has 1 N–H and O–H groups in total. The van der Waals surface area contributed by atoms with E-state index in [4.69, 9.17) is 4.74 Å². The molecule has 0 spiro atoms. The van der Waals surface area contributed by atoms with Gasteiger partial charge in [0.25, 0.3) is 5.56 Å². The molecule has 170 valence electrons. The summed E-state index contributed by atoms with van der Waals surface area (Å²) in [5, 5.41) is 3.20. The Morgan fingerprint density at radius 3 is 2.82 bits per heavy atom. The number of hydrogen-bond donors (Lipinski definition) is 1. The molecule has 2 aliphatic heterocycles. The van der Waals surface area contributed by atoms with Gasteiger partial charge in [0.1, 0.15) is 17.7 Å². The lowest BCUT2D eigenvalue weighted by Gasteiger charge is -2.18. The van der Waals surface area contributed by atoms with E-state index in [1.165, 1.54) is 25.8 Å². The summed E-state index contributed by atoms with van der Waals surface area (Å²) >= 11 is 1.40. The van der Waals surface area contributed by atoms with Crippen molar-refractivity contribution in [2.45, 2.75) is 30.4 Å². The molecule has 0 saturated carbocycles. The standard InChI is InChI=1S/C22H21N5O5S/c1-25-15-7-3-2-6-14(15)20(29)26(21(25)30)10-4-5-13-11-27(22(31)32-13)17-9-8-16-19(23-17)24-18(28)12-33-16/h2-3,6-9,13H,4-5,10-12H2,1H3,(H,23,24,28)/t13-/m0/s1. The van der Waals surface area contributed by atoms with E-state index >= 15 is 0 Å². The van der Waals surface area contributed by atoms with Gasteiger partial charge in [-0.15, -0.1) is 11.8 Å². The number of amides is 2. The van der Waals surface area contributed by atoms with E-state index in [9.17, 15) is 19.2 Å². The van der Waals surface area contributed by atoms with Gasteiger partial charge in [-0.1, -0.05) is 12.1 Å². The number of thioether (sulfide) groups is 1. The number of nitrogens with one attached hydrogen (secondary N) is 1. The highest BCUT2D eigenvalue weighted by Crippen LogP contribution is 2.32. The highest BCUT2D eigenvalue weighted by molar-refractivity contribution is 8.00. The van der Waals surface area contributed by atoms with E-state index in [-0.39, 0.29) is 29.8 Å². The first-order valence-electron chi connectivity index (χ1n) is 10.5. The fraction of sp³-hybridized carbons (Fsp3) is 0.318. The van der Waals surface area contributed by atoms with Crippen LogP contribution in [0, 0.1) is 0 Å². The highest BCUT2D eigenvalue weighted by atomic mass is 32.2. The third kappa shape index (κ3) is 3.88. The summed E-state index contributed by atoms with van der Waals surface area (Å²) in [5.74, 6) is 1.06. The van der Waals surface area contributed by atoms with Crippen molar-refractivity contribution in [1.82, 2.24) is 14.1 Å². The summed E-state index contributed by atoms with van der Waals surface area (Å²) in [6.07, 6.45) is 0.0755. The molecule has 11 heteroatoms. The number of fused-ring (bicyclic) bond motifs is 2. The lowest BCUT2D eigenvalue weighted by atomic mass is 10.2. The largest absolute Gasteiger partial charge is 0.444 e. The zero-order chi connectivity index (χ0) is 23.1. The van der Waals surface area contributed by atoms with Gasteiger partial charge in [-0.2, -0.15) is 0 Å². The molecule has 2 aromatic heterocycles. The van der Waals surface area contributed by atoms with Crippen LogP contribution in [0.4, 0.5) is 16.4 Å². The van der Waals surface area contributed by atoms with Gasteiger partial charge in [0.2, 0.25) is 5.91 Å². The summed E-state index contributed by atoms with van der Waals surface area (Å²) in [5.41, 5.74) is -0.102. The fourth-order valence-electron chi connectivity index (χ4n) is 4.10. The van der Waals surface area contributed by atoms with E-state index in [1.54, 1.807) is 37.4 Å². The number of carbonyl (C=O) groups is 2. The summed E-state index contributed by atoms with van der Waals surface area (Å²) in [4.78, 5) is 56.1. The van der Waals surface area contributed by atoms with Gasteiger partial charge >= 0.3 is 11.8 Å². The molecule has 0 unspecified atom stereocenters. The van der Waals surface area contributed by atoms with Crippen LogP contribution in [-0.2, 0) is 23.1 Å². The molecule has 0 aliphatic carbocycles. The van der Waals surface area contributed by atoms with Crippen molar-refractivity contribution in [1.29, 1.82) is 0 Å². The molecule has 1 fully saturated rings. The molecule has 0 radical (unpaired) electrons. The number of hydrogen-bond acceptors (Lipinski definition) is 7. The van der Waals surface area contributed by atoms with E-state index in [0.29, 0.717) is 47.7 Å². The average molecular weight is 468 g/mol. The van der Waals surface area contributed by atoms with Crippen molar-refractivity contribution >= 4 is 46.3 Å². The number of anilines is 2. The topological polar surface area (TPSA) is 116 Å². The molecular weight excluding hydrogens is 446 g/mol. The molecular formula is C22H21N5O5S. The zero-order valence-corrected chi connectivity index (χ0v) is 18.6. The predicted octanol–water partition coefficient (Wildman–Crippen LogP) is 1.94. The Balaban J connectivity index is 1.27. The monoisotopic (exact) mass is 467 g/mol. The Kier molecular flexibility index (Phi) is 5.41. The van der Waals surface area contributed by atoms with Crippen molar-refractivity contribution in [3.63, 3.8) is 0 Å². The van der Waals surface area contributed by atoms with Gasteiger partial charge < -0.3 is 10.1 Å². The molecule has 1 aromatic carbocycles. The first-order chi connectivity index (χ1) is 15.9. The minimum Gasteiger partial charge on any atom is -0.444 e. The van der Waals surface area contributed by atoms with Crippen molar-refractivity contribution in [3.8, 4) is 0 Å². The third-order valence-electron chi connectivity index (χ3n) is 5.78. The van der Waals surface area contributed by atoms with Crippen molar-refractivity contribution in [2.75, 3.05) is 22.5 Å². The second kappa shape index (κ2) is 8.39. The highest BCUT2D eigenvalue weighted by Gasteiger charge is 2.33. The van der Waals surface area contributed by atoms with E-state index in [0.717, 1.165) is 4.90 Å². The molecule has 10 nitrogen and oxygen atoms in total. The Bertz CT molecular complexity index is 1400. The molecule has 1 saturated heterocycles. The van der Waals surface area contributed by atoms with Crippen LogP contribution >= 0.6 is 11.8 Å². The lowest BCUT2D eigenvalue weighted by Crippen LogP contribution is -2.39. The quantitative estimate of drug-likeness (QED) is 0.610. The van der Waals surface area contributed by atoms with Crippen LogP contribution in [0.1, 0.15) is 12.8 Å². The van der Waals surface area contributed by atoms with Crippen LogP contribution in [0.5, 0.6) is 0 Å². The summed E-state index contributed by atoms with van der Waals surface area (Å²) < 4.78 is 8.16.